The summed E-state index contributed by atoms with van der Waals surface area (Å²) in [6.45, 7) is 1.98. The zero-order valence-electron chi connectivity index (χ0n) is 34.5. The van der Waals surface area contributed by atoms with Crippen molar-refractivity contribution in [2.45, 2.75) is 85.9 Å². The van der Waals surface area contributed by atoms with Crippen LogP contribution in [0.5, 0.6) is 28.7 Å². The number of para-hydroxylation sites is 1. The number of benzene rings is 3. The minimum absolute atomic E-state index is 0.00291. The third kappa shape index (κ3) is 5.75. The molecule has 0 radical (unpaired) electrons. The third-order valence-electron chi connectivity index (χ3n) is 13.8. The molecule has 4 N–H and O–H groups in total. The molecule has 7 aliphatic rings. The fraction of sp³-hybridized carbons (Fsp3) is 0.488. The van der Waals surface area contributed by atoms with E-state index in [0.717, 1.165) is 28.2 Å². The van der Waals surface area contributed by atoms with Crippen molar-refractivity contribution in [1.29, 1.82) is 0 Å². The van der Waals surface area contributed by atoms with Crippen molar-refractivity contribution in [3.05, 3.63) is 75.0 Å². The number of thioether (sulfide) groups is 1. The van der Waals surface area contributed by atoms with Crippen molar-refractivity contribution >= 4 is 34.4 Å². The van der Waals surface area contributed by atoms with Crippen LogP contribution < -0.4 is 24.3 Å². The quantitative estimate of drug-likeness (QED) is 0.107. The summed E-state index contributed by atoms with van der Waals surface area (Å²) in [7, 11) is 3.11. The highest BCUT2D eigenvalue weighted by molar-refractivity contribution is 7.99. The van der Waals surface area contributed by atoms with Gasteiger partial charge in [-0.25, -0.2) is 4.79 Å². The minimum Gasteiger partial charge on any atom is -0.504 e. The number of ketones is 1. The van der Waals surface area contributed by atoms with E-state index < -0.39 is 96.7 Å². The number of carbonyl (C=O) groups is 2. The van der Waals surface area contributed by atoms with Gasteiger partial charge in [0.2, 0.25) is 6.79 Å². The van der Waals surface area contributed by atoms with E-state index in [1.54, 1.807) is 18.9 Å². The number of nitrogens with one attached hydrogen (secondary N) is 2. The first kappa shape index (κ1) is 43.1. The smallest absolute Gasteiger partial charge is 0.460 e. The summed E-state index contributed by atoms with van der Waals surface area (Å²) in [4.78, 5) is 35.2. The molecule has 342 valence electrons. The van der Waals surface area contributed by atoms with Crippen molar-refractivity contribution in [2.75, 3.05) is 46.5 Å². The van der Waals surface area contributed by atoms with E-state index >= 15 is 8.78 Å². The number of hydrogen-bond acceptors (Lipinski definition) is 13. The minimum atomic E-state index is -6.85. The van der Waals surface area contributed by atoms with E-state index in [1.807, 2.05) is 35.2 Å². The number of aromatic hydroxyl groups is 1. The van der Waals surface area contributed by atoms with Crippen LogP contribution in [-0.4, -0.2) is 120 Å². The topological polar surface area (TPSA) is 155 Å². The van der Waals surface area contributed by atoms with Gasteiger partial charge in [0.1, 0.15) is 24.1 Å². The normalized spacial score (nSPS) is 28.0. The Hall–Kier alpha value is -4.80. The second-order valence-electron chi connectivity index (χ2n) is 17.1. The molecule has 1 aromatic heterocycles. The van der Waals surface area contributed by atoms with Crippen LogP contribution in [0.4, 0.5) is 30.7 Å². The Morgan fingerprint density at radius 2 is 1.77 bits per heavy atom. The highest BCUT2D eigenvalue weighted by Gasteiger charge is 2.77. The van der Waals surface area contributed by atoms with Crippen LogP contribution in [0.1, 0.15) is 62.0 Å². The molecule has 4 bridgehead atoms. The molecule has 0 amide bonds. The number of likely N-dealkylation sites (N-methyl/N-ethyl adjacent to an activating group) is 1. The molecule has 1 unspecified atom stereocenters. The lowest BCUT2D eigenvalue weighted by Gasteiger charge is -2.61. The average molecular weight is 923 g/mol. The van der Waals surface area contributed by atoms with Gasteiger partial charge in [-0.3, -0.25) is 19.9 Å². The van der Waals surface area contributed by atoms with E-state index in [-0.39, 0.29) is 51.9 Å². The molecule has 0 aliphatic carbocycles. The number of esters is 1. The van der Waals surface area contributed by atoms with E-state index in [0.29, 0.717) is 35.3 Å². The summed E-state index contributed by atoms with van der Waals surface area (Å²) in [5.74, 6) is -18.0. The Labute approximate surface area is 364 Å². The van der Waals surface area contributed by atoms with Crippen LogP contribution in [0.3, 0.4) is 0 Å². The zero-order valence-corrected chi connectivity index (χ0v) is 35.3. The molecule has 8 heterocycles. The number of aliphatic hydroxyl groups is 1. The van der Waals surface area contributed by atoms with Crippen LogP contribution in [0.2, 0.25) is 0 Å². The number of hydrogen-bond donors (Lipinski definition) is 4. The maximum absolute atomic E-state index is 15.3. The molecular formula is C43H41F7N4O9S. The SMILES string of the molecule is COc1c(C)cc2c(c1O)[C@@H]1C3[C@@H]4SC[C@]5(NCCc6c5[nH]c5ccccc65)C(=O)COC[C@H](c5c6c(c(C)c(OC(=O)C(F)(F)C(F)(F)C(F)(F)F)c54)OCO6)N3[C@@H](O)[C@H](C2)N1C. The highest BCUT2D eigenvalue weighted by atomic mass is 32.2. The Balaban J connectivity index is 1.24. The van der Waals surface area contributed by atoms with Gasteiger partial charge in [0, 0.05) is 57.2 Å². The Morgan fingerprint density at radius 3 is 2.50 bits per heavy atom. The van der Waals surface area contributed by atoms with Crippen molar-refractivity contribution in [2.24, 2.45) is 0 Å². The van der Waals surface area contributed by atoms with Gasteiger partial charge in [0.15, 0.2) is 28.8 Å². The number of fused-ring (bicyclic) bond motifs is 12. The van der Waals surface area contributed by atoms with Crippen LogP contribution in [0.25, 0.3) is 10.9 Å². The molecule has 7 atom stereocenters. The summed E-state index contributed by atoms with van der Waals surface area (Å²) in [5, 5.41) is 27.8. The number of rotatable bonds is 4. The first-order valence-corrected chi connectivity index (χ1v) is 21.5. The number of halogens is 7. The number of methoxy groups -OCH3 is 1. The average Bonchev–Trinajstić information content (AvgIpc) is 3.89. The number of carbonyl (C=O) groups excluding carboxylic acids is 2. The monoisotopic (exact) mass is 922 g/mol. The summed E-state index contributed by atoms with van der Waals surface area (Å²) in [6, 6.07) is 5.47. The number of aliphatic hydroxyl groups excluding tert-OH is 1. The first-order valence-electron chi connectivity index (χ1n) is 20.4. The number of Topliss-reactive ketones (excluding diaryl/α,β-unsaturated/α-hetero) is 1. The van der Waals surface area contributed by atoms with E-state index in [4.69, 9.17) is 23.7 Å². The second kappa shape index (κ2) is 14.6. The van der Waals surface area contributed by atoms with Gasteiger partial charge in [-0.15, -0.1) is 11.8 Å². The van der Waals surface area contributed by atoms with E-state index in [1.165, 1.54) is 14.0 Å². The standard InChI is InChI=1S/C43H41F7N4O9S/c1-17-11-19-12-23-38(57)54-24-13-60-14-25(55)40(37-21(9-10-51-40)20-7-5-6-8-22(20)52-37)15-64-36(30(54)29(53(23)3)26(19)31(56)32(17)59-4)28-27(24)35-34(61-16-62-35)18(2)33(28)63-39(58)41(44,45)42(46,47)43(48,49)50/h5-8,11,23-24,29-30,36,38,51-52,56-57H,9-10,12-16H2,1-4H3/t23-,24+,29+,30?,36+,38-,40-/m0/s1. The maximum atomic E-state index is 15.3. The number of nitrogens with zero attached hydrogens (tertiary/aromatic N) is 2. The lowest BCUT2D eigenvalue weighted by atomic mass is 9.73. The Morgan fingerprint density at radius 1 is 1.03 bits per heavy atom. The number of alkyl halides is 7. The lowest BCUT2D eigenvalue weighted by Crippen LogP contribution is -2.69. The van der Waals surface area contributed by atoms with Crippen LogP contribution in [0, 0.1) is 13.8 Å². The summed E-state index contributed by atoms with van der Waals surface area (Å²) in [6.07, 6.45) is -7.44. The number of aryl methyl sites for hydroxylation is 1. The van der Waals surface area contributed by atoms with Crippen molar-refractivity contribution in [3.8, 4) is 28.7 Å². The fourth-order valence-electron chi connectivity index (χ4n) is 10.9. The predicted octanol–water partition coefficient (Wildman–Crippen LogP) is 6.04. The second-order valence-corrected chi connectivity index (χ2v) is 18.2. The number of H-pyrrole nitrogens is 1. The molecule has 0 saturated carbocycles. The Bertz CT molecular complexity index is 2640. The molecule has 13 nitrogen and oxygen atoms in total. The Kier molecular flexibility index (Phi) is 9.84. The van der Waals surface area contributed by atoms with Crippen molar-refractivity contribution in [3.63, 3.8) is 0 Å². The molecule has 3 aromatic carbocycles. The van der Waals surface area contributed by atoms with Gasteiger partial charge in [-0.05, 0) is 56.5 Å². The van der Waals surface area contributed by atoms with Gasteiger partial charge in [-0.2, -0.15) is 30.7 Å². The zero-order chi connectivity index (χ0) is 45.6. The fourth-order valence-corrected chi connectivity index (χ4v) is 12.6. The van der Waals surface area contributed by atoms with Crippen LogP contribution in [-0.2, 0) is 32.7 Å². The molecule has 7 aliphatic heterocycles. The molecule has 2 saturated heterocycles. The maximum Gasteiger partial charge on any atom is 0.460 e. The van der Waals surface area contributed by atoms with Crippen LogP contribution in [0.15, 0.2) is 30.3 Å². The summed E-state index contributed by atoms with van der Waals surface area (Å²) >= 11 is 1.08. The summed E-state index contributed by atoms with van der Waals surface area (Å²) < 4.78 is 129. The highest BCUT2D eigenvalue weighted by Crippen LogP contribution is 2.64. The number of phenols is 1. The molecular weight excluding hydrogens is 882 g/mol. The van der Waals surface area contributed by atoms with Crippen molar-refractivity contribution in [1.82, 2.24) is 20.1 Å². The van der Waals surface area contributed by atoms with E-state index in [9.17, 15) is 41.8 Å². The van der Waals surface area contributed by atoms with Gasteiger partial charge in [0.25, 0.3) is 0 Å². The lowest BCUT2D eigenvalue weighted by molar-refractivity contribution is -0.346. The number of phenolic OH excluding ortho intramolecular Hbond substituents is 1. The molecule has 2 fully saturated rings. The van der Waals surface area contributed by atoms with Crippen LogP contribution >= 0.6 is 11.8 Å². The molecule has 64 heavy (non-hydrogen) atoms. The molecule has 21 heteroatoms. The largest absolute Gasteiger partial charge is 0.504 e. The number of aromatic amines is 1. The summed E-state index contributed by atoms with van der Waals surface area (Å²) in [5.41, 5.74) is 1.95. The first-order chi connectivity index (χ1) is 30.3. The van der Waals surface area contributed by atoms with Gasteiger partial charge < -0.3 is 38.9 Å². The van der Waals surface area contributed by atoms with Gasteiger partial charge in [0.05, 0.1) is 37.1 Å². The number of piperazine rings is 1. The third-order valence-corrected chi connectivity index (χ3v) is 15.3. The number of ether oxygens (including phenoxy) is 5. The molecule has 1 spiro atoms. The van der Waals surface area contributed by atoms with E-state index in [2.05, 4.69) is 10.3 Å². The van der Waals surface area contributed by atoms with Gasteiger partial charge in [-0.1, -0.05) is 24.3 Å². The number of aromatic nitrogens is 1. The molecule has 11 rings (SSSR count). The predicted molar refractivity (Wildman–Crippen MR) is 213 cm³/mol. The van der Waals surface area contributed by atoms with Crippen molar-refractivity contribution < 1.29 is 74.2 Å². The molecule has 4 aromatic rings. The van der Waals surface area contributed by atoms with Gasteiger partial charge >= 0.3 is 24.0 Å².